The Hall–Kier alpha value is -2.29. The highest BCUT2D eigenvalue weighted by Gasteiger charge is 2.03. The minimum atomic E-state index is -0.0521. The molecule has 0 atom stereocenters. The number of amides is 1. The van der Waals surface area contributed by atoms with Crippen molar-refractivity contribution in [2.75, 3.05) is 10.6 Å². The largest absolute Gasteiger partial charge is 0.381 e. The molecule has 0 heterocycles. The molecule has 0 unspecified atom stereocenters. The monoisotopic (exact) mass is 282 g/mol. The van der Waals surface area contributed by atoms with Gasteiger partial charge in [-0.15, -0.1) is 0 Å². The van der Waals surface area contributed by atoms with Crippen LogP contribution >= 0.6 is 0 Å². The van der Waals surface area contributed by atoms with Gasteiger partial charge in [-0.1, -0.05) is 44.2 Å². The molecule has 2 aromatic carbocycles. The molecule has 3 heteroatoms. The molecule has 2 rings (SSSR count). The van der Waals surface area contributed by atoms with Crippen molar-refractivity contribution in [1.82, 2.24) is 0 Å². The van der Waals surface area contributed by atoms with Crippen LogP contribution in [-0.2, 0) is 11.3 Å². The van der Waals surface area contributed by atoms with E-state index in [-0.39, 0.29) is 5.91 Å². The first-order chi connectivity index (χ1) is 10.1. The summed E-state index contributed by atoms with van der Waals surface area (Å²) in [5, 5.41) is 6.24. The van der Waals surface area contributed by atoms with Crippen molar-refractivity contribution in [3.8, 4) is 0 Å². The van der Waals surface area contributed by atoms with Crippen LogP contribution in [0.1, 0.15) is 37.8 Å². The molecule has 0 aliphatic carbocycles. The Bertz CT molecular complexity index is 603. The minimum absolute atomic E-state index is 0.0521. The molecule has 0 spiro atoms. The Morgan fingerprint density at radius 3 is 2.33 bits per heavy atom. The van der Waals surface area contributed by atoms with Crippen molar-refractivity contribution >= 4 is 17.3 Å². The molecule has 0 aromatic heterocycles. The third-order valence-electron chi connectivity index (χ3n) is 3.39. The summed E-state index contributed by atoms with van der Waals surface area (Å²) < 4.78 is 0. The number of rotatable bonds is 5. The summed E-state index contributed by atoms with van der Waals surface area (Å²) in [5.41, 5.74) is 4.34. The number of hydrogen-bond acceptors (Lipinski definition) is 2. The molecule has 0 radical (unpaired) electrons. The van der Waals surface area contributed by atoms with Crippen LogP contribution in [0.4, 0.5) is 11.4 Å². The van der Waals surface area contributed by atoms with E-state index in [1.807, 2.05) is 24.3 Å². The van der Waals surface area contributed by atoms with Gasteiger partial charge in [0.25, 0.3) is 0 Å². The molecule has 1 amide bonds. The molecule has 2 aromatic rings. The summed E-state index contributed by atoms with van der Waals surface area (Å²) in [6.45, 7) is 6.57. The minimum Gasteiger partial charge on any atom is -0.381 e. The number of hydrogen-bond donors (Lipinski definition) is 2. The summed E-state index contributed by atoms with van der Waals surface area (Å²) in [6.07, 6.45) is 0. The van der Waals surface area contributed by atoms with Gasteiger partial charge in [0.05, 0.1) is 0 Å². The lowest BCUT2D eigenvalue weighted by atomic mass is 10.0. The van der Waals surface area contributed by atoms with Crippen molar-refractivity contribution in [1.29, 1.82) is 0 Å². The van der Waals surface area contributed by atoms with E-state index in [4.69, 9.17) is 0 Å². The first-order valence-electron chi connectivity index (χ1n) is 7.25. The van der Waals surface area contributed by atoms with Crippen LogP contribution in [0.15, 0.2) is 48.5 Å². The van der Waals surface area contributed by atoms with Gasteiger partial charge in [0.1, 0.15) is 0 Å². The lowest BCUT2D eigenvalue weighted by molar-refractivity contribution is -0.114. The highest BCUT2D eigenvalue weighted by molar-refractivity contribution is 5.89. The number of nitrogens with one attached hydrogen (secondary N) is 2. The molecule has 0 fully saturated rings. The van der Waals surface area contributed by atoms with Crippen LogP contribution in [0.5, 0.6) is 0 Å². The predicted molar refractivity (Wildman–Crippen MR) is 88.6 cm³/mol. The van der Waals surface area contributed by atoms with Crippen LogP contribution in [0.3, 0.4) is 0 Å². The van der Waals surface area contributed by atoms with Gasteiger partial charge in [0, 0.05) is 24.8 Å². The van der Waals surface area contributed by atoms with Gasteiger partial charge in [-0.05, 0) is 35.2 Å². The summed E-state index contributed by atoms with van der Waals surface area (Å²) in [4.78, 5) is 11.2. The van der Waals surface area contributed by atoms with Gasteiger partial charge >= 0.3 is 0 Å². The topological polar surface area (TPSA) is 41.1 Å². The molecule has 2 N–H and O–H groups in total. The van der Waals surface area contributed by atoms with Crippen LogP contribution < -0.4 is 10.6 Å². The lowest BCUT2D eigenvalue weighted by Crippen LogP contribution is -2.10. The van der Waals surface area contributed by atoms with E-state index in [1.54, 1.807) is 0 Å². The Balaban J connectivity index is 2.04. The number of benzene rings is 2. The highest BCUT2D eigenvalue weighted by Crippen LogP contribution is 2.20. The van der Waals surface area contributed by atoms with Gasteiger partial charge in [0.2, 0.25) is 5.91 Å². The van der Waals surface area contributed by atoms with Gasteiger partial charge in [-0.25, -0.2) is 0 Å². The maximum atomic E-state index is 11.2. The zero-order chi connectivity index (χ0) is 15.2. The smallest absolute Gasteiger partial charge is 0.221 e. The summed E-state index contributed by atoms with van der Waals surface area (Å²) in [5.74, 6) is 0.489. The van der Waals surface area contributed by atoms with E-state index < -0.39 is 0 Å². The van der Waals surface area contributed by atoms with E-state index in [0.29, 0.717) is 12.5 Å². The molecule has 0 aliphatic heterocycles. The molecule has 0 saturated carbocycles. The van der Waals surface area contributed by atoms with Crippen molar-refractivity contribution in [2.45, 2.75) is 33.2 Å². The molecule has 3 nitrogen and oxygen atoms in total. The molecule has 0 aliphatic rings. The third-order valence-corrected chi connectivity index (χ3v) is 3.39. The Kier molecular flexibility index (Phi) is 4.99. The van der Waals surface area contributed by atoms with Crippen molar-refractivity contribution in [3.05, 3.63) is 59.7 Å². The quantitative estimate of drug-likeness (QED) is 0.854. The summed E-state index contributed by atoms with van der Waals surface area (Å²) >= 11 is 0. The van der Waals surface area contributed by atoms with Crippen LogP contribution in [0.2, 0.25) is 0 Å². The maximum Gasteiger partial charge on any atom is 0.221 e. The van der Waals surface area contributed by atoms with E-state index >= 15 is 0 Å². The van der Waals surface area contributed by atoms with E-state index in [0.717, 1.165) is 16.9 Å². The first-order valence-corrected chi connectivity index (χ1v) is 7.25. The first kappa shape index (κ1) is 15.1. The third kappa shape index (κ3) is 4.35. The second-order valence-electron chi connectivity index (χ2n) is 5.47. The van der Waals surface area contributed by atoms with E-state index in [2.05, 4.69) is 48.7 Å². The number of anilines is 2. The molecule has 21 heavy (non-hydrogen) atoms. The van der Waals surface area contributed by atoms with E-state index in [1.165, 1.54) is 12.5 Å². The Labute approximate surface area is 126 Å². The van der Waals surface area contributed by atoms with Crippen molar-refractivity contribution in [2.24, 2.45) is 0 Å². The molecular formula is C18H22N2O. The second kappa shape index (κ2) is 6.93. The SMILES string of the molecule is CC(=O)Nc1ccccc1CNc1ccc(C(C)C)cc1. The zero-order valence-corrected chi connectivity index (χ0v) is 12.8. The van der Waals surface area contributed by atoms with Crippen molar-refractivity contribution in [3.63, 3.8) is 0 Å². The summed E-state index contributed by atoms with van der Waals surface area (Å²) in [6, 6.07) is 16.3. The molecule has 0 saturated heterocycles. The average Bonchev–Trinajstić information content (AvgIpc) is 2.46. The van der Waals surface area contributed by atoms with Gasteiger partial charge in [0.15, 0.2) is 0 Å². The Morgan fingerprint density at radius 2 is 1.71 bits per heavy atom. The lowest BCUT2D eigenvalue weighted by Gasteiger charge is -2.12. The van der Waals surface area contributed by atoms with Crippen LogP contribution in [-0.4, -0.2) is 5.91 Å². The normalized spacial score (nSPS) is 10.5. The fourth-order valence-electron chi connectivity index (χ4n) is 2.17. The fourth-order valence-corrected chi connectivity index (χ4v) is 2.17. The average molecular weight is 282 g/mol. The number of para-hydroxylation sites is 1. The highest BCUT2D eigenvalue weighted by atomic mass is 16.1. The summed E-state index contributed by atoms with van der Waals surface area (Å²) in [7, 11) is 0. The van der Waals surface area contributed by atoms with Crippen molar-refractivity contribution < 1.29 is 4.79 Å². The fraction of sp³-hybridized carbons (Fsp3) is 0.278. The molecular weight excluding hydrogens is 260 g/mol. The number of carbonyl (C=O) groups excluding carboxylic acids is 1. The maximum absolute atomic E-state index is 11.2. The van der Waals surface area contributed by atoms with Gasteiger partial charge < -0.3 is 10.6 Å². The van der Waals surface area contributed by atoms with Gasteiger partial charge in [-0.3, -0.25) is 4.79 Å². The zero-order valence-electron chi connectivity index (χ0n) is 12.8. The molecule has 110 valence electrons. The van der Waals surface area contributed by atoms with Crippen LogP contribution in [0.25, 0.3) is 0 Å². The van der Waals surface area contributed by atoms with Gasteiger partial charge in [-0.2, -0.15) is 0 Å². The van der Waals surface area contributed by atoms with Crippen LogP contribution in [0, 0.1) is 0 Å². The second-order valence-corrected chi connectivity index (χ2v) is 5.47. The molecule has 0 bridgehead atoms. The predicted octanol–water partition coefficient (Wildman–Crippen LogP) is 4.38. The standard InChI is InChI=1S/C18H22N2O/c1-13(2)15-8-10-17(11-9-15)19-12-16-6-4-5-7-18(16)20-14(3)21/h4-11,13,19H,12H2,1-3H3,(H,20,21). The Morgan fingerprint density at radius 1 is 1.05 bits per heavy atom. The van der Waals surface area contributed by atoms with E-state index in [9.17, 15) is 4.79 Å². The number of carbonyl (C=O) groups is 1.